The van der Waals surface area contributed by atoms with Crippen LogP contribution in [0.15, 0.2) is 29.0 Å². The average Bonchev–Trinajstić information content (AvgIpc) is 3.27. The monoisotopic (exact) mass is 357 g/mol. The van der Waals surface area contributed by atoms with Gasteiger partial charge in [0, 0.05) is 49.7 Å². The van der Waals surface area contributed by atoms with Crippen LogP contribution < -0.4 is 10.2 Å². The summed E-state index contributed by atoms with van der Waals surface area (Å²) in [5, 5.41) is 18.0. The molecule has 3 atom stereocenters. The van der Waals surface area contributed by atoms with Crippen LogP contribution in [0.25, 0.3) is 0 Å². The second kappa shape index (κ2) is 7.72. The van der Waals surface area contributed by atoms with Gasteiger partial charge in [-0.25, -0.2) is 0 Å². The van der Waals surface area contributed by atoms with Crippen molar-refractivity contribution in [1.29, 1.82) is 0 Å². The quantitative estimate of drug-likeness (QED) is 0.845. The van der Waals surface area contributed by atoms with Gasteiger partial charge in [-0.2, -0.15) is 4.98 Å². The first-order chi connectivity index (χ1) is 12.7. The molecule has 7 heteroatoms. The normalized spacial score (nSPS) is 27.2. The molecule has 140 valence electrons. The van der Waals surface area contributed by atoms with Crippen LogP contribution in [0.4, 0.5) is 5.69 Å². The fraction of sp³-hybridized carbons (Fsp3) is 0.632. The minimum atomic E-state index is -0.295. The molecule has 1 saturated carbocycles. The highest BCUT2D eigenvalue weighted by Gasteiger charge is 2.36. The van der Waals surface area contributed by atoms with Crippen molar-refractivity contribution in [3.8, 4) is 0 Å². The summed E-state index contributed by atoms with van der Waals surface area (Å²) >= 11 is 0. The Morgan fingerprint density at radius 3 is 2.69 bits per heavy atom. The fourth-order valence-electron chi connectivity index (χ4n) is 4.22. The first kappa shape index (κ1) is 17.4. The van der Waals surface area contributed by atoms with Crippen LogP contribution in [0.3, 0.4) is 0 Å². The Kier molecular flexibility index (Phi) is 5.17. The number of nitrogens with zero attached hydrogens (tertiary/aromatic N) is 4. The van der Waals surface area contributed by atoms with Gasteiger partial charge in [-0.15, -0.1) is 0 Å². The van der Waals surface area contributed by atoms with E-state index in [-0.39, 0.29) is 17.9 Å². The SMILES string of the molecule is Cc1noc([C@H]2C[C@H](CNC3CCN(c4ccncc4)CC3)[C@H](O)C2)n1. The van der Waals surface area contributed by atoms with Crippen LogP contribution in [-0.4, -0.2) is 52.0 Å². The Hall–Kier alpha value is -1.99. The lowest BCUT2D eigenvalue weighted by atomic mass is 10.0. The maximum absolute atomic E-state index is 10.4. The molecule has 0 spiro atoms. The molecule has 2 aliphatic rings. The molecular weight excluding hydrogens is 330 g/mol. The number of pyridine rings is 1. The number of aliphatic hydroxyl groups is 1. The zero-order chi connectivity index (χ0) is 17.9. The lowest BCUT2D eigenvalue weighted by molar-refractivity contribution is 0.128. The van der Waals surface area contributed by atoms with E-state index in [4.69, 9.17) is 4.52 Å². The molecule has 2 aromatic rings. The van der Waals surface area contributed by atoms with Crippen LogP contribution in [0.5, 0.6) is 0 Å². The molecule has 2 fully saturated rings. The lowest BCUT2D eigenvalue weighted by Crippen LogP contribution is -2.44. The zero-order valence-corrected chi connectivity index (χ0v) is 15.2. The maximum atomic E-state index is 10.4. The van der Waals surface area contributed by atoms with Crippen molar-refractivity contribution in [2.75, 3.05) is 24.5 Å². The molecule has 1 saturated heterocycles. The van der Waals surface area contributed by atoms with Gasteiger partial charge in [-0.3, -0.25) is 4.98 Å². The van der Waals surface area contributed by atoms with Gasteiger partial charge in [-0.05, 0) is 50.7 Å². The zero-order valence-electron chi connectivity index (χ0n) is 15.2. The third kappa shape index (κ3) is 3.88. The van der Waals surface area contributed by atoms with Gasteiger partial charge < -0.3 is 19.8 Å². The minimum absolute atomic E-state index is 0.187. The lowest BCUT2D eigenvalue weighted by Gasteiger charge is -2.34. The second-order valence-electron chi connectivity index (χ2n) is 7.55. The van der Waals surface area contributed by atoms with Crippen molar-refractivity contribution >= 4 is 5.69 Å². The molecule has 1 aliphatic carbocycles. The van der Waals surface area contributed by atoms with E-state index in [0.717, 1.165) is 38.9 Å². The topological polar surface area (TPSA) is 87.3 Å². The summed E-state index contributed by atoms with van der Waals surface area (Å²) < 4.78 is 5.29. The highest BCUT2D eigenvalue weighted by molar-refractivity contribution is 5.44. The standard InChI is InChI=1S/C19H27N5O2/c1-13-22-19(26-23-13)14-10-15(18(25)11-14)12-21-16-4-8-24(9-5-16)17-2-6-20-7-3-17/h2-3,6-7,14-16,18,21,25H,4-5,8-12H2,1H3/t14-,15+,18+/m0/s1. The van der Waals surface area contributed by atoms with Crippen LogP contribution in [0, 0.1) is 12.8 Å². The molecule has 0 bridgehead atoms. The number of aryl methyl sites for hydroxylation is 1. The molecule has 2 N–H and O–H groups in total. The number of nitrogens with one attached hydrogen (secondary N) is 1. The average molecular weight is 357 g/mol. The van der Waals surface area contributed by atoms with Crippen molar-refractivity contribution in [2.45, 2.75) is 50.7 Å². The third-order valence-electron chi connectivity index (χ3n) is 5.74. The smallest absolute Gasteiger partial charge is 0.229 e. The predicted octanol–water partition coefficient (Wildman–Crippen LogP) is 1.89. The highest BCUT2D eigenvalue weighted by atomic mass is 16.5. The Balaban J connectivity index is 1.24. The molecule has 4 rings (SSSR count). The van der Waals surface area contributed by atoms with Crippen molar-refractivity contribution in [2.24, 2.45) is 5.92 Å². The van der Waals surface area contributed by atoms with E-state index in [1.165, 1.54) is 5.69 Å². The van der Waals surface area contributed by atoms with E-state index in [9.17, 15) is 5.11 Å². The molecule has 7 nitrogen and oxygen atoms in total. The first-order valence-electron chi connectivity index (χ1n) is 9.55. The predicted molar refractivity (Wildman–Crippen MR) is 98.0 cm³/mol. The van der Waals surface area contributed by atoms with Crippen molar-refractivity contribution in [3.05, 3.63) is 36.2 Å². The number of aliphatic hydroxyl groups excluding tert-OH is 1. The van der Waals surface area contributed by atoms with Gasteiger partial charge in [0.2, 0.25) is 5.89 Å². The molecule has 2 aromatic heterocycles. The summed E-state index contributed by atoms with van der Waals surface area (Å²) in [6.07, 6.45) is 7.27. The molecule has 26 heavy (non-hydrogen) atoms. The van der Waals surface area contributed by atoms with Crippen LogP contribution in [-0.2, 0) is 0 Å². The van der Waals surface area contributed by atoms with E-state index < -0.39 is 0 Å². The number of piperidine rings is 1. The van der Waals surface area contributed by atoms with Crippen molar-refractivity contribution in [1.82, 2.24) is 20.4 Å². The molecule has 1 aliphatic heterocycles. The highest BCUT2D eigenvalue weighted by Crippen LogP contribution is 2.37. The maximum Gasteiger partial charge on any atom is 0.229 e. The van der Waals surface area contributed by atoms with Crippen LogP contribution in [0.1, 0.15) is 43.3 Å². The molecular formula is C19H27N5O2. The van der Waals surface area contributed by atoms with Crippen molar-refractivity contribution in [3.63, 3.8) is 0 Å². The van der Waals surface area contributed by atoms with E-state index >= 15 is 0 Å². The van der Waals surface area contributed by atoms with E-state index in [1.54, 1.807) is 0 Å². The van der Waals surface area contributed by atoms with Crippen molar-refractivity contribution < 1.29 is 9.63 Å². The van der Waals surface area contributed by atoms with Gasteiger partial charge in [0.05, 0.1) is 6.10 Å². The first-order valence-corrected chi connectivity index (χ1v) is 9.55. The van der Waals surface area contributed by atoms with Gasteiger partial charge in [0.25, 0.3) is 0 Å². The Labute approximate surface area is 153 Å². The molecule has 0 amide bonds. The summed E-state index contributed by atoms with van der Waals surface area (Å²) in [6, 6.07) is 4.66. The Morgan fingerprint density at radius 2 is 2.00 bits per heavy atom. The Morgan fingerprint density at radius 1 is 1.23 bits per heavy atom. The van der Waals surface area contributed by atoms with Crippen LogP contribution >= 0.6 is 0 Å². The largest absolute Gasteiger partial charge is 0.393 e. The van der Waals surface area contributed by atoms with Gasteiger partial charge in [-0.1, -0.05) is 5.16 Å². The molecule has 0 unspecified atom stereocenters. The molecule has 3 heterocycles. The van der Waals surface area contributed by atoms with Gasteiger partial charge >= 0.3 is 0 Å². The number of hydrogen-bond acceptors (Lipinski definition) is 7. The number of rotatable bonds is 5. The Bertz CT molecular complexity index is 699. The summed E-state index contributed by atoms with van der Waals surface area (Å²) in [7, 11) is 0. The number of anilines is 1. The molecule has 0 aromatic carbocycles. The minimum Gasteiger partial charge on any atom is -0.393 e. The summed E-state index contributed by atoms with van der Waals surface area (Å²) in [4.78, 5) is 10.8. The fourth-order valence-corrected chi connectivity index (χ4v) is 4.22. The summed E-state index contributed by atoms with van der Waals surface area (Å²) in [6.45, 7) is 4.79. The van der Waals surface area contributed by atoms with Gasteiger partial charge in [0.15, 0.2) is 5.82 Å². The van der Waals surface area contributed by atoms with E-state index in [0.29, 0.717) is 24.2 Å². The summed E-state index contributed by atoms with van der Waals surface area (Å²) in [5.41, 5.74) is 1.25. The van der Waals surface area contributed by atoms with Gasteiger partial charge in [0.1, 0.15) is 0 Å². The number of hydrogen-bond donors (Lipinski definition) is 2. The number of aromatic nitrogens is 3. The summed E-state index contributed by atoms with van der Waals surface area (Å²) in [5.74, 6) is 1.78. The second-order valence-corrected chi connectivity index (χ2v) is 7.55. The van der Waals surface area contributed by atoms with Crippen LogP contribution in [0.2, 0.25) is 0 Å². The third-order valence-corrected chi connectivity index (χ3v) is 5.74. The molecule has 0 radical (unpaired) electrons. The van der Waals surface area contributed by atoms with E-state index in [2.05, 4.69) is 37.5 Å². The van der Waals surface area contributed by atoms with E-state index in [1.807, 2.05) is 19.3 Å².